The van der Waals surface area contributed by atoms with E-state index in [4.69, 9.17) is 16.6 Å². The summed E-state index contributed by atoms with van der Waals surface area (Å²) in [7, 11) is 0. The fourth-order valence-corrected chi connectivity index (χ4v) is 4.44. The Balaban J connectivity index is 1.73. The average molecular weight is 418 g/mol. The molecule has 1 fully saturated rings. The number of carbonyl (C=O) groups excluding carboxylic acids is 1. The number of hydrogen-bond acceptors (Lipinski definition) is 4. The van der Waals surface area contributed by atoms with Crippen molar-refractivity contribution >= 4 is 40.3 Å². The lowest BCUT2D eigenvalue weighted by Gasteiger charge is -2.21. The van der Waals surface area contributed by atoms with Crippen LogP contribution in [0.2, 0.25) is 0 Å². The highest BCUT2D eigenvalue weighted by Gasteiger charge is 2.33. The van der Waals surface area contributed by atoms with Gasteiger partial charge in [-0.15, -0.1) is 0 Å². The van der Waals surface area contributed by atoms with Crippen molar-refractivity contribution in [2.45, 2.75) is 39.5 Å². The van der Waals surface area contributed by atoms with Crippen molar-refractivity contribution < 1.29 is 13.6 Å². The molecule has 1 aromatic carbocycles. The fraction of sp³-hybridized carbons (Fsp3) is 0.364. The van der Waals surface area contributed by atoms with Crippen molar-refractivity contribution in [3.8, 4) is 11.3 Å². The van der Waals surface area contributed by atoms with E-state index in [0.717, 1.165) is 19.3 Å². The number of benzene rings is 1. The van der Waals surface area contributed by atoms with Crippen molar-refractivity contribution in [2.24, 2.45) is 5.92 Å². The van der Waals surface area contributed by atoms with Crippen LogP contribution in [-0.4, -0.2) is 21.7 Å². The molecule has 3 rings (SSSR count). The molecule has 2 heterocycles. The van der Waals surface area contributed by atoms with Crippen LogP contribution < -0.4 is 0 Å². The summed E-state index contributed by atoms with van der Waals surface area (Å²) in [6, 6.07) is 9.79. The van der Waals surface area contributed by atoms with Gasteiger partial charge < -0.3 is 4.42 Å². The van der Waals surface area contributed by atoms with Crippen LogP contribution in [0.1, 0.15) is 45.3 Å². The molecule has 0 radical (unpaired) electrons. The minimum Gasteiger partial charge on any atom is -0.457 e. The van der Waals surface area contributed by atoms with Gasteiger partial charge in [-0.2, -0.15) is 0 Å². The summed E-state index contributed by atoms with van der Waals surface area (Å²) in [4.78, 5) is 15.1. The maximum Gasteiger partial charge on any atom is 0.266 e. The molecule has 0 spiro atoms. The lowest BCUT2D eigenvalue weighted by Crippen LogP contribution is -2.33. The number of thiocarbonyl (C=S) groups is 1. The van der Waals surface area contributed by atoms with Crippen LogP contribution in [-0.2, 0) is 4.79 Å². The van der Waals surface area contributed by atoms with Crippen LogP contribution >= 0.6 is 24.0 Å². The zero-order valence-electron chi connectivity index (χ0n) is 16.1. The van der Waals surface area contributed by atoms with Gasteiger partial charge in [0, 0.05) is 18.2 Å². The second kappa shape index (κ2) is 9.52. The van der Waals surface area contributed by atoms with E-state index in [0.29, 0.717) is 38.8 Å². The summed E-state index contributed by atoms with van der Waals surface area (Å²) in [6.45, 7) is 5.01. The van der Waals surface area contributed by atoms with E-state index in [9.17, 15) is 9.18 Å². The molecule has 0 saturated carbocycles. The first-order valence-electron chi connectivity index (χ1n) is 9.63. The van der Waals surface area contributed by atoms with E-state index in [-0.39, 0.29) is 11.7 Å². The molecular formula is C22H24FNO2S2. The van der Waals surface area contributed by atoms with Crippen molar-refractivity contribution in [1.82, 2.24) is 4.90 Å². The predicted octanol–water partition coefficient (Wildman–Crippen LogP) is 6.50. The van der Waals surface area contributed by atoms with E-state index in [1.54, 1.807) is 35.2 Å². The summed E-state index contributed by atoms with van der Waals surface area (Å²) >= 11 is 6.75. The first kappa shape index (κ1) is 20.8. The van der Waals surface area contributed by atoms with Gasteiger partial charge in [0.15, 0.2) is 0 Å². The Morgan fingerprint density at radius 2 is 2.11 bits per heavy atom. The molecule has 1 unspecified atom stereocenters. The summed E-state index contributed by atoms with van der Waals surface area (Å²) < 4.78 is 19.8. The number of hydrogen-bond donors (Lipinski definition) is 0. The zero-order chi connectivity index (χ0) is 20.1. The normalized spacial score (nSPS) is 17.0. The molecule has 2 aromatic rings. The van der Waals surface area contributed by atoms with Gasteiger partial charge in [-0.25, -0.2) is 4.39 Å². The van der Waals surface area contributed by atoms with Crippen LogP contribution in [0.15, 0.2) is 45.7 Å². The van der Waals surface area contributed by atoms with Crippen LogP contribution in [0.5, 0.6) is 0 Å². The fourth-order valence-electron chi connectivity index (χ4n) is 3.19. The Kier molecular flexibility index (Phi) is 7.08. The number of carbonyl (C=O) groups is 1. The number of thioether (sulfide) groups is 1. The quantitative estimate of drug-likeness (QED) is 0.362. The molecule has 0 N–H and O–H groups in total. The van der Waals surface area contributed by atoms with Gasteiger partial charge in [-0.05, 0) is 36.6 Å². The molecule has 0 aliphatic carbocycles. The lowest BCUT2D eigenvalue weighted by atomic mass is 9.99. The second-order valence-electron chi connectivity index (χ2n) is 6.92. The summed E-state index contributed by atoms with van der Waals surface area (Å²) in [5.41, 5.74) is 0.661. The number of unbranched alkanes of at least 4 members (excludes halogenated alkanes) is 1. The number of nitrogens with zero attached hydrogens (tertiary/aromatic N) is 1. The smallest absolute Gasteiger partial charge is 0.266 e. The second-order valence-corrected chi connectivity index (χ2v) is 8.60. The Labute approximate surface area is 175 Å². The van der Waals surface area contributed by atoms with Gasteiger partial charge in [-0.3, -0.25) is 9.69 Å². The summed E-state index contributed by atoms with van der Waals surface area (Å²) in [5, 5.41) is 0. The summed E-state index contributed by atoms with van der Waals surface area (Å²) in [6.07, 6.45) is 6.18. The number of furan rings is 1. The van der Waals surface area contributed by atoms with Crippen molar-refractivity contribution in [1.29, 1.82) is 0 Å². The number of halogens is 1. The van der Waals surface area contributed by atoms with E-state index in [1.165, 1.54) is 30.3 Å². The van der Waals surface area contributed by atoms with Crippen LogP contribution in [0.25, 0.3) is 17.4 Å². The topological polar surface area (TPSA) is 33.5 Å². The van der Waals surface area contributed by atoms with Gasteiger partial charge in [0.2, 0.25) is 0 Å². The number of rotatable bonds is 8. The first-order valence-corrected chi connectivity index (χ1v) is 10.9. The van der Waals surface area contributed by atoms with Crippen LogP contribution in [0.3, 0.4) is 0 Å². The molecular weight excluding hydrogens is 393 g/mol. The van der Waals surface area contributed by atoms with Gasteiger partial charge in [0.05, 0.1) is 4.91 Å². The maximum absolute atomic E-state index is 13.4. The zero-order valence-corrected chi connectivity index (χ0v) is 17.7. The SMILES string of the molecule is CCCCC(CC)CN1C(=O)C(=Cc2ccc(-c3cccc(F)c3)o2)SC1=S. The van der Waals surface area contributed by atoms with Gasteiger partial charge in [-0.1, -0.05) is 69.2 Å². The highest BCUT2D eigenvalue weighted by atomic mass is 32.2. The molecule has 1 aliphatic rings. The molecule has 3 nitrogen and oxygen atoms in total. The third kappa shape index (κ3) is 4.92. The van der Waals surface area contributed by atoms with E-state index in [1.807, 2.05) is 0 Å². The third-order valence-electron chi connectivity index (χ3n) is 4.87. The molecule has 28 heavy (non-hydrogen) atoms. The minimum absolute atomic E-state index is 0.0614. The summed E-state index contributed by atoms with van der Waals surface area (Å²) in [5.74, 6) is 1.20. The van der Waals surface area contributed by atoms with Crippen molar-refractivity contribution in [3.63, 3.8) is 0 Å². The number of amides is 1. The molecule has 1 amide bonds. The highest BCUT2D eigenvalue weighted by molar-refractivity contribution is 8.26. The molecule has 148 valence electrons. The van der Waals surface area contributed by atoms with Crippen molar-refractivity contribution in [2.75, 3.05) is 6.54 Å². The molecule has 1 atom stereocenters. The third-order valence-corrected chi connectivity index (χ3v) is 6.24. The van der Waals surface area contributed by atoms with Gasteiger partial charge in [0.25, 0.3) is 5.91 Å². The molecule has 1 aromatic heterocycles. The predicted molar refractivity (Wildman–Crippen MR) is 117 cm³/mol. The van der Waals surface area contributed by atoms with Gasteiger partial charge in [0.1, 0.15) is 21.7 Å². The van der Waals surface area contributed by atoms with Crippen LogP contribution in [0.4, 0.5) is 4.39 Å². The Hall–Kier alpha value is -1.92. The molecule has 1 saturated heterocycles. The Bertz CT molecular complexity index is 890. The standard InChI is InChI=1S/C22H24FNO2S2/c1-3-5-7-15(4-2)14-24-21(25)20(28-22(24)27)13-18-10-11-19(26-18)16-8-6-9-17(23)12-16/h6,8-13,15H,3-5,7,14H2,1-2H3. The molecule has 6 heteroatoms. The largest absolute Gasteiger partial charge is 0.457 e. The van der Waals surface area contributed by atoms with E-state index in [2.05, 4.69) is 13.8 Å². The van der Waals surface area contributed by atoms with Gasteiger partial charge >= 0.3 is 0 Å². The Morgan fingerprint density at radius 1 is 1.29 bits per heavy atom. The molecule has 0 bridgehead atoms. The Morgan fingerprint density at radius 3 is 2.82 bits per heavy atom. The highest BCUT2D eigenvalue weighted by Crippen LogP contribution is 2.34. The minimum atomic E-state index is -0.315. The van der Waals surface area contributed by atoms with Crippen molar-refractivity contribution in [3.05, 3.63) is 52.9 Å². The first-order chi connectivity index (χ1) is 13.5. The van der Waals surface area contributed by atoms with Crippen LogP contribution in [0, 0.1) is 11.7 Å². The monoisotopic (exact) mass is 417 g/mol. The lowest BCUT2D eigenvalue weighted by molar-refractivity contribution is -0.122. The van der Waals surface area contributed by atoms with E-state index >= 15 is 0 Å². The van der Waals surface area contributed by atoms with E-state index < -0.39 is 0 Å². The average Bonchev–Trinajstić information content (AvgIpc) is 3.25. The molecule has 1 aliphatic heterocycles. The maximum atomic E-state index is 13.4.